The zero-order valence-corrected chi connectivity index (χ0v) is 10.4. The first kappa shape index (κ1) is 12.8. The molecule has 0 saturated carbocycles. The number of rotatable bonds is 3. The van der Waals surface area contributed by atoms with Crippen LogP contribution in [0.2, 0.25) is 0 Å². The van der Waals surface area contributed by atoms with Gasteiger partial charge in [-0.15, -0.1) is 0 Å². The largest absolute Gasteiger partial charge is 0.506 e. The summed E-state index contributed by atoms with van der Waals surface area (Å²) in [5, 5.41) is 14.6. The second-order valence-corrected chi connectivity index (χ2v) is 6.05. The molecular formula is C11H14N2O4S. The van der Waals surface area contributed by atoms with E-state index < -0.39 is 10.0 Å². The fraction of sp³-hybridized carbons (Fsp3) is 0.364. The predicted octanol–water partition coefficient (Wildman–Crippen LogP) is 0.0336. The van der Waals surface area contributed by atoms with Gasteiger partial charge in [-0.25, -0.2) is 13.6 Å². The first-order valence-electron chi connectivity index (χ1n) is 5.45. The Kier molecular flexibility index (Phi) is 3.27. The molecule has 1 saturated heterocycles. The predicted molar refractivity (Wildman–Crippen MR) is 66.5 cm³/mol. The summed E-state index contributed by atoms with van der Waals surface area (Å²) in [5.74, 6) is -0.748. The molecular weight excluding hydrogens is 256 g/mol. The van der Waals surface area contributed by atoms with E-state index in [1.165, 1.54) is 11.0 Å². The molecule has 6 nitrogen and oxygen atoms in total. The minimum absolute atomic E-state index is 0.00195. The maximum absolute atomic E-state index is 11.8. The highest BCUT2D eigenvalue weighted by Crippen LogP contribution is 2.32. The number of amides is 1. The standard InChI is InChI=1S/C11H14N2O4S/c12-18(16,17)7-8-5-11(15)13(6-8)9-3-1-2-4-10(9)14/h1-4,8,14H,5-7H2,(H2,12,16,17). The van der Waals surface area contributed by atoms with Crippen molar-refractivity contribution in [3.8, 4) is 5.75 Å². The Balaban J connectivity index is 2.18. The lowest BCUT2D eigenvalue weighted by atomic mass is 10.1. The van der Waals surface area contributed by atoms with Gasteiger partial charge >= 0.3 is 0 Å². The Bertz CT molecular complexity index is 570. The molecule has 1 atom stereocenters. The smallest absolute Gasteiger partial charge is 0.227 e. The highest BCUT2D eigenvalue weighted by atomic mass is 32.2. The molecule has 0 aliphatic carbocycles. The molecule has 0 aromatic heterocycles. The summed E-state index contributed by atoms with van der Waals surface area (Å²) < 4.78 is 22.0. The van der Waals surface area contributed by atoms with Crippen LogP contribution in [-0.2, 0) is 14.8 Å². The number of nitrogens with zero attached hydrogens (tertiary/aromatic N) is 1. The quantitative estimate of drug-likeness (QED) is 0.809. The molecule has 1 amide bonds. The third-order valence-corrected chi connectivity index (χ3v) is 3.78. The number of hydrogen-bond acceptors (Lipinski definition) is 4. The third-order valence-electron chi connectivity index (χ3n) is 2.85. The fourth-order valence-electron chi connectivity index (χ4n) is 2.15. The van der Waals surface area contributed by atoms with Crippen LogP contribution in [0.5, 0.6) is 5.75 Å². The van der Waals surface area contributed by atoms with Gasteiger partial charge in [-0.2, -0.15) is 0 Å². The van der Waals surface area contributed by atoms with Gasteiger partial charge in [-0.05, 0) is 12.1 Å². The lowest BCUT2D eigenvalue weighted by molar-refractivity contribution is -0.117. The third kappa shape index (κ3) is 2.80. The summed E-state index contributed by atoms with van der Waals surface area (Å²) in [6, 6.07) is 6.46. The Morgan fingerprint density at radius 2 is 2.06 bits per heavy atom. The van der Waals surface area contributed by atoms with E-state index in [4.69, 9.17) is 5.14 Å². The van der Waals surface area contributed by atoms with E-state index in [2.05, 4.69) is 0 Å². The number of anilines is 1. The highest BCUT2D eigenvalue weighted by Gasteiger charge is 2.33. The summed E-state index contributed by atoms with van der Waals surface area (Å²) in [4.78, 5) is 13.2. The molecule has 7 heteroatoms. The maximum Gasteiger partial charge on any atom is 0.227 e. The van der Waals surface area contributed by atoms with Gasteiger partial charge < -0.3 is 10.0 Å². The van der Waals surface area contributed by atoms with Gasteiger partial charge in [0.05, 0.1) is 11.4 Å². The lowest BCUT2D eigenvalue weighted by Gasteiger charge is -2.17. The molecule has 1 unspecified atom stereocenters. The number of carbonyl (C=O) groups is 1. The number of para-hydroxylation sites is 2. The second-order valence-electron chi connectivity index (χ2n) is 4.39. The van der Waals surface area contributed by atoms with Crippen LogP contribution in [0.25, 0.3) is 0 Å². The van der Waals surface area contributed by atoms with E-state index in [0.29, 0.717) is 5.69 Å². The number of hydrogen-bond donors (Lipinski definition) is 2. The van der Waals surface area contributed by atoms with Crippen molar-refractivity contribution in [1.82, 2.24) is 0 Å². The normalized spacial score (nSPS) is 20.4. The summed E-state index contributed by atoms with van der Waals surface area (Å²) in [5.41, 5.74) is 0.402. The second kappa shape index (κ2) is 4.58. The Hall–Kier alpha value is -1.60. The molecule has 1 aliphatic heterocycles. The molecule has 18 heavy (non-hydrogen) atoms. The Morgan fingerprint density at radius 1 is 1.39 bits per heavy atom. The number of benzene rings is 1. The molecule has 0 spiro atoms. The first-order valence-corrected chi connectivity index (χ1v) is 7.17. The van der Waals surface area contributed by atoms with Crippen molar-refractivity contribution < 1.29 is 18.3 Å². The molecule has 3 N–H and O–H groups in total. The van der Waals surface area contributed by atoms with Crippen LogP contribution in [0, 0.1) is 5.92 Å². The summed E-state index contributed by atoms with van der Waals surface area (Å²) in [6.07, 6.45) is 0.130. The van der Waals surface area contributed by atoms with Gasteiger partial charge in [0.2, 0.25) is 15.9 Å². The fourth-order valence-corrected chi connectivity index (χ4v) is 3.03. The number of aromatic hydroxyl groups is 1. The van der Waals surface area contributed by atoms with Crippen molar-refractivity contribution in [1.29, 1.82) is 0 Å². The first-order chi connectivity index (χ1) is 8.37. The molecule has 0 bridgehead atoms. The van der Waals surface area contributed by atoms with Crippen LogP contribution >= 0.6 is 0 Å². The van der Waals surface area contributed by atoms with Crippen LogP contribution in [0.15, 0.2) is 24.3 Å². The monoisotopic (exact) mass is 270 g/mol. The van der Waals surface area contributed by atoms with Crippen molar-refractivity contribution in [2.45, 2.75) is 6.42 Å². The van der Waals surface area contributed by atoms with Gasteiger partial charge in [0.1, 0.15) is 5.75 Å². The zero-order valence-electron chi connectivity index (χ0n) is 9.61. The molecule has 1 fully saturated rings. The van der Waals surface area contributed by atoms with E-state index >= 15 is 0 Å². The Labute approximate surface area is 105 Å². The van der Waals surface area contributed by atoms with Gasteiger partial charge in [-0.1, -0.05) is 12.1 Å². The van der Waals surface area contributed by atoms with Crippen molar-refractivity contribution in [2.75, 3.05) is 17.2 Å². The average Bonchev–Trinajstić information content (AvgIpc) is 2.57. The van der Waals surface area contributed by atoms with Crippen LogP contribution in [0.3, 0.4) is 0 Å². The van der Waals surface area contributed by atoms with Crippen LogP contribution < -0.4 is 10.0 Å². The molecule has 1 aliphatic rings. The van der Waals surface area contributed by atoms with Crippen LogP contribution in [0.4, 0.5) is 5.69 Å². The lowest BCUT2D eigenvalue weighted by Crippen LogP contribution is -2.27. The van der Waals surface area contributed by atoms with Crippen LogP contribution in [0.1, 0.15) is 6.42 Å². The van der Waals surface area contributed by atoms with E-state index in [9.17, 15) is 18.3 Å². The number of carbonyl (C=O) groups excluding carboxylic acids is 1. The topological polar surface area (TPSA) is 101 Å². The van der Waals surface area contributed by atoms with Gasteiger partial charge in [0.25, 0.3) is 0 Å². The zero-order chi connectivity index (χ0) is 13.3. The molecule has 1 heterocycles. The van der Waals surface area contributed by atoms with Crippen molar-refractivity contribution in [3.05, 3.63) is 24.3 Å². The number of sulfonamides is 1. The molecule has 98 valence electrons. The Morgan fingerprint density at radius 3 is 2.67 bits per heavy atom. The molecule has 1 aromatic carbocycles. The van der Waals surface area contributed by atoms with E-state index in [1.807, 2.05) is 0 Å². The van der Waals surface area contributed by atoms with E-state index in [1.54, 1.807) is 18.2 Å². The summed E-state index contributed by atoms with van der Waals surface area (Å²) in [6.45, 7) is 0.257. The molecule has 0 radical (unpaired) electrons. The summed E-state index contributed by atoms with van der Waals surface area (Å²) >= 11 is 0. The minimum Gasteiger partial charge on any atom is -0.506 e. The highest BCUT2D eigenvalue weighted by molar-refractivity contribution is 7.89. The van der Waals surface area contributed by atoms with E-state index in [0.717, 1.165) is 0 Å². The van der Waals surface area contributed by atoms with Crippen molar-refractivity contribution >= 4 is 21.6 Å². The number of phenols is 1. The summed E-state index contributed by atoms with van der Waals surface area (Å²) in [7, 11) is -3.59. The van der Waals surface area contributed by atoms with Gasteiger partial charge in [-0.3, -0.25) is 4.79 Å². The number of primary sulfonamides is 1. The number of phenolic OH excluding ortho intramolecular Hbond substituents is 1. The molecule has 2 rings (SSSR count). The average molecular weight is 270 g/mol. The maximum atomic E-state index is 11.8. The van der Waals surface area contributed by atoms with Crippen molar-refractivity contribution in [3.63, 3.8) is 0 Å². The molecule has 1 aromatic rings. The van der Waals surface area contributed by atoms with E-state index in [-0.39, 0.29) is 36.3 Å². The van der Waals surface area contributed by atoms with Crippen molar-refractivity contribution in [2.24, 2.45) is 11.1 Å². The van der Waals surface area contributed by atoms with Gasteiger partial charge in [0.15, 0.2) is 0 Å². The van der Waals surface area contributed by atoms with Gasteiger partial charge in [0, 0.05) is 18.9 Å². The SMILES string of the molecule is NS(=O)(=O)CC1CC(=O)N(c2ccccc2O)C1. The number of nitrogens with two attached hydrogens (primary N) is 1. The van der Waals surface area contributed by atoms with Crippen LogP contribution in [-0.4, -0.2) is 31.7 Å². The minimum atomic E-state index is -3.59.